The van der Waals surface area contributed by atoms with E-state index in [0.29, 0.717) is 6.04 Å². The molecule has 0 amide bonds. The summed E-state index contributed by atoms with van der Waals surface area (Å²) in [5.41, 5.74) is 3.46. The minimum absolute atomic E-state index is 0.397. The zero-order valence-electron chi connectivity index (χ0n) is 12.3. The molecule has 110 valence electrons. The molecule has 0 bridgehead atoms. The van der Waals surface area contributed by atoms with Gasteiger partial charge in [0.15, 0.2) is 0 Å². The molecule has 1 unspecified atom stereocenters. The molecule has 1 atom stereocenters. The van der Waals surface area contributed by atoms with E-state index in [1.54, 1.807) is 11.3 Å². The predicted octanol–water partition coefficient (Wildman–Crippen LogP) is 3.69. The Hall–Kier alpha value is -0.840. The summed E-state index contributed by atoms with van der Waals surface area (Å²) >= 11 is 8.16. The SMILES string of the molecule is CCNC(Cc1ccsc1)Cc1c(Cl)c(C)nn1CC. The molecular weight excluding hydrogens is 290 g/mol. The normalized spacial score (nSPS) is 12.8. The minimum atomic E-state index is 0.397. The van der Waals surface area contributed by atoms with Gasteiger partial charge in [-0.3, -0.25) is 4.68 Å². The van der Waals surface area contributed by atoms with Crippen molar-refractivity contribution >= 4 is 22.9 Å². The molecular formula is C15H22ClN3S. The van der Waals surface area contributed by atoms with Gasteiger partial charge in [-0.1, -0.05) is 18.5 Å². The number of aromatic nitrogens is 2. The summed E-state index contributed by atoms with van der Waals surface area (Å²) in [6, 6.07) is 2.59. The van der Waals surface area contributed by atoms with Gasteiger partial charge in [0.25, 0.3) is 0 Å². The Morgan fingerprint density at radius 3 is 2.80 bits per heavy atom. The number of hydrogen-bond acceptors (Lipinski definition) is 3. The maximum atomic E-state index is 6.41. The first-order chi connectivity index (χ1) is 9.65. The lowest BCUT2D eigenvalue weighted by molar-refractivity contribution is 0.496. The van der Waals surface area contributed by atoms with E-state index >= 15 is 0 Å². The van der Waals surface area contributed by atoms with Crippen molar-refractivity contribution in [2.75, 3.05) is 6.54 Å². The molecule has 0 aliphatic heterocycles. The van der Waals surface area contributed by atoms with Gasteiger partial charge in [-0.2, -0.15) is 16.4 Å². The molecule has 2 aromatic heterocycles. The van der Waals surface area contributed by atoms with Gasteiger partial charge >= 0.3 is 0 Å². The third-order valence-corrected chi connectivity index (χ3v) is 4.67. The maximum absolute atomic E-state index is 6.41. The number of likely N-dealkylation sites (N-methyl/N-ethyl adjacent to an activating group) is 1. The molecule has 2 aromatic rings. The molecule has 0 aromatic carbocycles. The lowest BCUT2D eigenvalue weighted by atomic mass is 10.0. The molecule has 0 spiro atoms. The topological polar surface area (TPSA) is 29.9 Å². The summed E-state index contributed by atoms with van der Waals surface area (Å²) in [6.45, 7) is 8.04. The average molecular weight is 312 g/mol. The first-order valence-corrected chi connectivity index (χ1v) is 8.44. The van der Waals surface area contributed by atoms with E-state index in [1.807, 2.05) is 11.6 Å². The van der Waals surface area contributed by atoms with Gasteiger partial charge in [0.2, 0.25) is 0 Å². The molecule has 0 saturated heterocycles. The van der Waals surface area contributed by atoms with Crippen LogP contribution in [0.15, 0.2) is 16.8 Å². The number of halogens is 1. The molecule has 2 heterocycles. The van der Waals surface area contributed by atoms with Gasteiger partial charge in [0, 0.05) is 19.0 Å². The van der Waals surface area contributed by atoms with E-state index in [0.717, 1.165) is 42.3 Å². The van der Waals surface area contributed by atoms with Crippen molar-refractivity contribution in [2.45, 2.75) is 46.2 Å². The van der Waals surface area contributed by atoms with Crippen LogP contribution in [0.5, 0.6) is 0 Å². The Balaban J connectivity index is 2.15. The zero-order valence-corrected chi connectivity index (χ0v) is 13.9. The van der Waals surface area contributed by atoms with Crippen LogP contribution in [0.3, 0.4) is 0 Å². The molecule has 5 heteroatoms. The maximum Gasteiger partial charge on any atom is 0.0847 e. The van der Waals surface area contributed by atoms with Gasteiger partial charge in [0.1, 0.15) is 0 Å². The van der Waals surface area contributed by atoms with Crippen molar-refractivity contribution < 1.29 is 0 Å². The number of thiophene rings is 1. The van der Waals surface area contributed by atoms with Crippen LogP contribution in [-0.2, 0) is 19.4 Å². The van der Waals surface area contributed by atoms with Crippen molar-refractivity contribution in [3.8, 4) is 0 Å². The fourth-order valence-corrected chi connectivity index (χ4v) is 3.39. The Labute approximate surface area is 130 Å². The van der Waals surface area contributed by atoms with Crippen LogP contribution in [0.1, 0.15) is 30.8 Å². The van der Waals surface area contributed by atoms with E-state index in [4.69, 9.17) is 11.6 Å². The van der Waals surface area contributed by atoms with Gasteiger partial charge in [-0.25, -0.2) is 0 Å². The Morgan fingerprint density at radius 1 is 1.40 bits per heavy atom. The molecule has 0 fully saturated rings. The van der Waals surface area contributed by atoms with Crippen molar-refractivity contribution in [2.24, 2.45) is 0 Å². The molecule has 0 radical (unpaired) electrons. The second-order valence-corrected chi connectivity index (χ2v) is 6.11. The third-order valence-electron chi connectivity index (χ3n) is 3.45. The summed E-state index contributed by atoms with van der Waals surface area (Å²) < 4.78 is 2.02. The lowest BCUT2D eigenvalue weighted by Crippen LogP contribution is -2.33. The number of nitrogens with zero attached hydrogens (tertiary/aromatic N) is 2. The fourth-order valence-electron chi connectivity index (χ4n) is 2.50. The second-order valence-electron chi connectivity index (χ2n) is 4.96. The summed E-state index contributed by atoms with van der Waals surface area (Å²) in [7, 11) is 0. The smallest absolute Gasteiger partial charge is 0.0847 e. The van der Waals surface area contributed by atoms with Crippen molar-refractivity contribution in [1.82, 2.24) is 15.1 Å². The largest absolute Gasteiger partial charge is 0.314 e. The highest BCUT2D eigenvalue weighted by Gasteiger charge is 2.18. The van der Waals surface area contributed by atoms with Crippen LogP contribution in [0, 0.1) is 6.92 Å². The Bertz CT molecular complexity index is 534. The van der Waals surface area contributed by atoms with E-state index in [1.165, 1.54) is 5.56 Å². The zero-order chi connectivity index (χ0) is 14.5. The fraction of sp³-hybridized carbons (Fsp3) is 0.533. The average Bonchev–Trinajstić information content (AvgIpc) is 3.02. The summed E-state index contributed by atoms with van der Waals surface area (Å²) in [4.78, 5) is 0. The quantitative estimate of drug-likeness (QED) is 0.845. The summed E-state index contributed by atoms with van der Waals surface area (Å²) in [5, 5.41) is 13.2. The predicted molar refractivity (Wildman–Crippen MR) is 86.8 cm³/mol. The molecule has 20 heavy (non-hydrogen) atoms. The Kier molecular flexibility index (Phi) is 5.64. The van der Waals surface area contributed by atoms with Crippen LogP contribution in [0.2, 0.25) is 5.02 Å². The number of aryl methyl sites for hydroxylation is 2. The molecule has 0 aliphatic rings. The second kappa shape index (κ2) is 7.25. The van der Waals surface area contributed by atoms with E-state index < -0.39 is 0 Å². The highest BCUT2D eigenvalue weighted by molar-refractivity contribution is 7.07. The summed E-state index contributed by atoms with van der Waals surface area (Å²) in [5.74, 6) is 0. The summed E-state index contributed by atoms with van der Waals surface area (Å²) in [6.07, 6.45) is 1.94. The first-order valence-electron chi connectivity index (χ1n) is 7.11. The molecule has 2 rings (SSSR count). The van der Waals surface area contributed by atoms with Crippen molar-refractivity contribution in [1.29, 1.82) is 0 Å². The van der Waals surface area contributed by atoms with Crippen LogP contribution in [-0.4, -0.2) is 22.4 Å². The molecule has 1 N–H and O–H groups in total. The monoisotopic (exact) mass is 311 g/mol. The van der Waals surface area contributed by atoms with Crippen LogP contribution in [0.25, 0.3) is 0 Å². The molecule has 3 nitrogen and oxygen atoms in total. The number of hydrogen-bond donors (Lipinski definition) is 1. The standard InChI is InChI=1S/C15H22ClN3S/c1-4-17-13(8-12-6-7-20-10-12)9-14-15(16)11(3)18-19(14)5-2/h6-7,10,13,17H,4-5,8-9H2,1-3H3. The van der Waals surface area contributed by atoms with E-state index in [9.17, 15) is 0 Å². The van der Waals surface area contributed by atoms with Crippen molar-refractivity contribution in [3.63, 3.8) is 0 Å². The highest BCUT2D eigenvalue weighted by atomic mass is 35.5. The number of rotatable bonds is 7. The van der Waals surface area contributed by atoms with E-state index in [-0.39, 0.29) is 0 Å². The van der Waals surface area contributed by atoms with Gasteiger partial charge in [-0.05, 0) is 49.2 Å². The van der Waals surface area contributed by atoms with E-state index in [2.05, 4.69) is 41.1 Å². The van der Waals surface area contributed by atoms with Crippen molar-refractivity contribution in [3.05, 3.63) is 38.8 Å². The first kappa shape index (κ1) is 15.5. The third kappa shape index (κ3) is 3.62. The van der Waals surface area contributed by atoms with Gasteiger partial charge < -0.3 is 5.32 Å². The minimum Gasteiger partial charge on any atom is -0.314 e. The molecule has 0 saturated carbocycles. The number of nitrogens with one attached hydrogen (secondary N) is 1. The van der Waals surface area contributed by atoms with Gasteiger partial charge in [-0.15, -0.1) is 0 Å². The Morgan fingerprint density at radius 2 is 2.20 bits per heavy atom. The van der Waals surface area contributed by atoms with Gasteiger partial charge in [0.05, 0.1) is 16.4 Å². The molecule has 0 aliphatic carbocycles. The van der Waals surface area contributed by atoms with Crippen LogP contribution >= 0.6 is 22.9 Å². The lowest BCUT2D eigenvalue weighted by Gasteiger charge is -2.18. The highest BCUT2D eigenvalue weighted by Crippen LogP contribution is 2.22. The van der Waals surface area contributed by atoms with Crippen LogP contribution < -0.4 is 5.32 Å². The van der Waals surface area contributed by atoms with Crippen LogP contribution in [0.4, 0.5) is 0 Å².